The average molecular weight is 269 g/mol. The molecule has 19 heavy (non-hydrogen) atoms. The number of rotatable bonds is 8. The summed E-state index contributed by atoms with van der Waals surface area (Å²) >= 11 is 0. The van der Waals surface area contributed by atoms with Crippen molar-refractivity contribution in [1.82, 2.24) is 0 Å². The van der Waals surface area contributed by atoms with Crippen LogP contribution in [0.5, 0.6) is 23.0 Å². The first-order valence-corrected chi connectivity index (χ1v) is 6.34. The van der Waals surface area contributed by atoms with Crippen molar-refractivity contribution in [2.75, 3.05) is 27.9 Å². The second-order valence-electron chi connectivity index (χ2n) is 4.22. The van der Waals surface area contributed by atoms with Crippen LogP contribution in [0.3, 0.4) is 0 Å². The molecule has 0 heterocycles. The molecule has 1 rings (SSSR count). The van der Waals surface area contributed by atoms with Crippen molar-refractivity contribution >= 4 is 0 Å². The van der Waals surface area contributed by atoms with Crippen LogP contribution in [0.2, 0.25) is 0 Å². The van der Waals surface area contributed by atoms with Gasteiger partial charge in [0.15, 0.2) is 11.5 Å². The fourth-order valence-corrected chi connectivity index (χ4v) is 1.80. The Bertz CT molecular complexity index is 370. The van der Waals surface area contributed by atoms with Gasteiger partial charge in [-0.2, -0.15) is 0 Å². The second kappa shape index (κ2) is 7.74. The van der Waals surface area contributed by atoms with E-state index in [4.69, 9.17) is 24.7 Å². The molecule has 0 bridgehead atoms. The summed E-state index contributed by atoms with van der Waals surface area (Å²) in [6.45, 7) is 2.56. The van der Waals surface area contributed by atoms with Gasteiger partial charge >= 0.3 is 0 Å². The summed E-state index contributed by atoms with van der Waals surface area (Å²) in [7, 11) is 4.71. The Morgan fingerprint density at radius 3 is 2.05 bits per heavy atom. The normalized spacial score (nSPS) is 11.8. The Labute approximate surface area is 114 Å². The topological polar surface area (TPSA) is 62.9 Å². The number of hydrogen-bond acceptors (Lipinski definition) is 5. The number of hydrogen-bond donors (Lipinski definition) is 1. The monoisotopic (exact) mass is 269 g/mol. The van der Waals surface area contributed by atoms with E-state index in [9.17, 15) is 0 Å². The van der Waals surface area contributed by atoms with E-state index in [1.165, 1.54) is 0 Å². The van der Waals surface area contributed by atoms with Crippen LogP contribution in [0.25, 0.3) is 0 Å². The number of nitrogens with two attached hydrogens (primary N) is 1. The van der Waals surface area contributed by atoms with Crippen molar-refractivity contribution in [1.29, 1.82) is 0 Å². The lowest BCUT2D eigenvalue weighted by Crippen LogP contribution is -2.27. The lowest BCUT2D eigenvalue weighted by Gasteiger charge is -2.16. The minimum atomic E-state index is 0.0316. The first-order valence-electron chi connectivity index (χ1n) is 6.34. The molecule has 5 heteroatoms. The molecule has 0 aromatic heterocycles. The minimum Gasteiger partial charge on any atom is -0.493 e. The molecule has 1 aromatic rings. The fraction of sp³-hybridized carbons (Fsp3) is 0.571. The van der Waals surface area contributed by atoms with Gasteiger partial charge in [-0.15, -0.1) is 0 Å². The Morgan fingerprint density at radius 2 is 1.63 bits per heavy atom. The molecule has 1 unspecified atom stereocenters. The zero-order valence-electron chi connectivity index (χ0n) is 12.1. The van der Waals surface area contributed by atoms with Crippen molar-refractivity contribution in [2.24, 2.45) is 5.73 Å². The molecule has 0 aliphatic rings. The summed E-state index contributed by atoms with van der Waals surface area (Å²) in [5.41, 5.74) is 5.92. The number of ether oxygens (including phenoxy) is 4. The van der Waals surface area contributed by atoms with Gasteiger partial charge in [-0.1, -0.05) is 13.3 Å². The van der Waals surface area contributed by atoms with Gasteiger partial charge in [0.25, 0.3) is 0 Å². The lowest BCUT2D eigenvalue weighted by molar-refractivity contribution is 0.273. The van der Waals surface area contributed by atoms with Crippen LogP contribution in [0.4, 0.5) is 0 Å². The summed E-state index contributed by atoms with van der Waals surface area (Å²) in [6.07, 6.45) is 1.98. The van der Waals surface area contributed by atoms with Gasteiger partial charge in [0, 0.05) is 18.2 Å². The minimum absolute atomic E-state index is 0.0316. The summed E-state index contributed by atoms with van der Waals surface area (Å²) in [4.78, 5) is 0. The van der Waals surface area contributed by atoms with Crippen LogP contribution in [0, 0.1) is 0 Å². The lowest BCUT2D eigenvalue weighted by atomic mass is 10.2. The molecule has 5 nitrogen and oxygen atoms in total. The molecule has 0 radical (unpaired) electrons. The van der Waals surface area contributed by atoms with E-state index in [1.807, 2.05) is 0 Å². The Morgan fingerprint density at radius 1 is 1.05 bits per heavy atom. The highest BCUT2D eigenvalue weighted by atomic mass is 16.5. The fourth-order valence-electron chi connectivity index (χ4n) is 1.80. The van der Waals surface area contributed by atoms with Crippen LogP contribution in [-0.4, -0.2) is 34.0 Å². The molecule has 0 amide bonds. The van der Waals surface area contributed by atoms with Crippen molar-refractivity contribution < 1.29 is 18.9 Å². The summed E-state index contributed by atoms with van der Waals surface area (Å²) < 4.78 is 21.4. The van der Waals surface area contributed by atoms with Gasteiger partial charge in [0.2, 0.25) is 5.75 Å². The van der Waals surface area contributed by atoms with E-state index in [2.05, 4.69) is 6.92 Å². The van der Waals surface area contributed by atoms with Gasteiger partial charge in [-0.05, 0) is 6.42 Å². The van der Waals surface area contributed by atoms with Crippen molar-refractivity contribution in [3.8, 4) is 23.0 Å². The molecule has 0 spiro atoms. The summed E-state index contributed by atoms with van der Waals surface area (Å²) in [5, 5.41) is 0. The summed E-state index contributed by atoms with van der Waals surface area (Å²) in [6, 6.07) is 3.56. The maximum Gasteiger partial charge on any atom is 0.203 e. The smallest absolute Gasteiger partial charge is 0.203 e. The Hall–Kier alpha value is -1.62. The van der Waals surface area contributed by atoms with E-state index >= 15 is 0 Å². The van der Waals surface area contributed by atoms with Gasteiger partial charge in [0.1, 0.15) is 12.4 Å². The molecule has 0 saturated heterocycles. The predicted octanol–water partition coefficient (Wildman–Crippen LogP) is 2.22. The first kappa shape index (κ1) is 15.4. The predicted molar refractivity (Wildman–Crippen MR) is 74.5 cm³/mol. The van der Waals surface area contributed by atoms with Crippen molar-refractivity contribution in [3.63, 3.8) is 0 Å². The van der Waals surface area contributed by atoms with Crippen molar-refractivity contribution in [3.05, 3.63) is 12.1 Å². The maximum absolute atomic E-state index is 5.92. The quantitative estimate of drug-likeness (QED) is 0.784. The van der Waals surface area contributed by atoms with Crippen LogP contribution in [0.1, 0.15) is 19.8 Å². The zero-order chi connectivity index (χ0) is 14.3. The van der Waals surface area contributed by atoms with Gasteiger partial charge < -0.3 is 24.7 Å². The molecule has 0 fully saturated rings. The van der Waals surface area contributed by atoms with E-state index in [0.29, 0.717) is 29.6 Å². The van der Waals surface area contributed by atoms with Crippen molar-refractivity contribution in [2.45, 2.75) is 25.8 Å². The highest BCUT2D eigenvalue weighted by Crippen LogP contribution is 2.40. The van der Waals surface area contributed by atoms with Crippen LogP contribution < -0.4 is 24.7 Å². The van der Waals surface area contributed by atoms with E-state index in [1.54, 1.807) is 33.5 Å². The SMILES string of the molecule is CCCC(N)COc1cc(OC)c(OC)c(OC)c1. The standard InChI is InChI=1S/C14H23NO4/c1-5-6-10(15)9-19-11-7-12(16-2)14(18-4)13(8-11)17-3/h7-8,10H,5-6,9,15H2,1-4H3. The molecule has 108 valence electrons. The molecule has 0 saturated carbocycles. The third-order valence-corrected chi connectivity index (χ3v) is 2.76. The van der Waals surface area contributed by atoms with E-state index in [0.717, 1.165) is 12.8 Å². The third-order valence-electron chi connectivity index (χ3n) is 2.76. The van der Waals surface area contributed by atoms with Gasteiger partial charge in [-0.3, -0.25) is 0 Å². The molecule has 1 atom stereocenters. The molecule has 1 aromatic carbocycles. The van der Waals surface area contributed by atoms with Gasteiger partial charge in [-0.25, -0.2) is 0 Å². The highest BCUT2D eigenvalue weighted by Gasteiger charge is 2.14. The number of methoxy groups -OCH3 is 3. The molecule has 0 aliphatic heterocycles. The number of benzene rings is 1. The van der Waals surface area contributed by atoms with Crippen LogP contribution in [-0.2, 0) is 0 Å². The average Bonchev–Trinajstić information content (AvgIpc) is 2.44. The molecular weight excluding hydrogens is 246 g/mol. The van der Waals surface area contributed by atoms with Crippen LogP contribution in [0.15, 0.2) is 12.1 Å². The molecule has 0 aliphatic carbocycles. The Balaban J connectivity index is 2.84. The molecule has 2 N–H and O–H groups in total. The van der Waals surface area contributed by atoms with E-state index in [-0.39, 0.29) is 6.04 Å². The van der Waals surface area contributed by atoms with E-state index < -0.39 is 0 Å². The molecular formula is C14H23NO4. The maximum atomic E-state index is 5.92. The first-order chi connectivity index (χ1) is 9.15. The third kappa shape index (κ3) is 4.21. The van der Waals surface area contributed by atoms with Gasteiger partial charge in [0.05, 0.1) is 21.3 Å². The van der Waals surface area contributed by atoms with Crippen LogP contribution >= 0.6 is 0 Å². The zero-order valence-corrected chi connectivity index (χ0v) is 12.1. The highest BCUT2D eigenvalue weighted by molar-refractivity contribution is 5.55. The second-order valence-corrected chi connectivity index (χ2v) is 4.22. The Kier molecular flexibility index (Phi) is 6.29. The largest absolute Gasteiger partial charge is 0.493 e. The summed E-state index contributed by atoms with van der Waals surface area (Å²) in [5.74, 6) is 2.35.